The van der Waals surface area contributed by atoms with Crippen LogP contribution < -0.4 is 16.6 Å². The van der Waals surface area contributed by atoms with Gasteiger partial charge in [0.2, 0.25) is 5.91 Å². The Balaban J connectivity index is 1.68. The molecule has 0 spiro atoms. The van der Waals surface area contributed by atoms with Crippen molar-refractivity contribution in [1.82, 2.24) is 25.0 Å². The van der Waals surface area contributed by atoms with Gasteiger partial charge in [-0.05, 0) is 50.3 Å². The number of hydrogen-bond donors (Lipinski definition) is 2. The maximum absolute atomic E-state index is 13.8. The number of hydrogen-bond acceptors (Lipinski definition) is 6. The molecule has 210 valence electrons. The fourth-order valence-electron chi connectivity index (χ4n) is 4.74. The topological polar surface area (TPSA) is 123 Å². The van der Waals surface area contributed by atoms with Gasteiger partial charge in [0.15, 0.2) is 5.82 Å². The molecule has 0 aliphatic carbocycles. The molecule has 1 amide bonds. The molecule has 2 N–H and O–H groups in total. The zero-order valence-corrected chi connectivity index (χ0v) is 23.8. The maximum Gasteiger partial charge on any atom is 0.439 e. The fraction of sp³-hybridized carbons (Fsp3) is 0.387. The van der Waals surface area contributed by atoms with Crippen LogP contribution in [0.1, 0.15) is 70.1 Å². The fourth-order valence-corrected chi connectivity index (χ4v) is 4.74. The summed E-state index contributed by atoms with van der Waals surface area (Å²) in [6.45, 7) is 9.75. The van der Waals surface area contributed by atoms with Crippen LogP contribution in [0.4, 0.5) is 0 Å². The molecule has 0 aliphatic rings. The third kappa shape index (κ3) is 6.83. The van der Waals surface area contributed by atoms with Gasteiger partial charge in [-0.25, -0.2) is 9.78 Å². The lowest BCUT2D eigenvalue weighted by Gasteiger charge is -2.22. The summed E-state index contributed by atoms with van der Waals surface area (Å²) < 4.78 is 6.22. The number of unbranched alkanes of at least 4 members (excludes halogenated alkanes) is 1. The molecule has 0 aliphatic heterocycles. The van der Waals surface area contributed by atoms with Crippen molar-refractivity contribution in [3.05, 3.63) is 92.1 Å². The van der Waals surface area contributed by atoms with E-state index >= 15 is 0 Å². The second-order valence-corrected chi connectivity index (χ2v) is 11.0. The van der Waals surface area contributed by atoms with Crippen molar-refractivity contribution >= 4 is 5.91 Å². The molecular weight excluding hydrogens is 506 g/mol. The van der Waals surface area contributed by atoms with Crippen molar-refractivity contribution < 1.29 is 9.32 Å². The first-order valence-corrected chi connectivity index (χ1v) is 13.8. The van der Waals surface area contributed by atoms with E-state index in [0.29, 0.717) is 36.5 Å². The van der Waals surface area contributed by atoms with Crippen LogP contribution >= 0.6 is 0 Å². The molecule has 0 radical (unpaired) electrons. The predicted octanol–water partition coefficient (Wildman–Crippen LogP) is 4.66. The molecule has 0 fully saturated rings. The molecule has 4 aromatic rings. The van der Waals surface area contributed by atoms with Gasteiger partial charge >= 0.3 is 5.76 Å². The van der Waals surface area contributed by atoms with Gasteiger partial charge in [-0.2, -0.15) is 0 Å². The first-order valence-electron chi connectivity index (χ1n) is 13.8. The van der Waals surface area contributed by atoms with Crippen LogP contribution in [0.25, 0.3) is 22.5 Å². The average molecular weight is 544 g/mol. The van der Waals surface area contributed by atoms with E-state index in [4.69, 9.17) is 9.51 Å². The van der Waals surface area contributed by atoms with Crippen molar-refractivity contribution in [2.75, 3.05) is 0 Å². The molecule has 9 heteroatoms. The van der Waals surface area contributed by atoms with E-state index in [1.165, 1.54) is 4.57 Å². The minimum absolute atomic E-state index is 0.0623. The molecule has 2 heterocycles. The molecule has 2 aromatic heterocycles. The molecule has 0 atom stereocenters. The number of benzene rings is 2. The zero-order chi connectivity index (χ0) is 28.9. The third-order valence-corrected chi connectivity index (χ3v) is 6.60. The molecule has 40 heavy (non-hydrogen) atoms. The number of nitrogens with one attached hydrogen (secondary N) is 2. The highest BCUT2D eigenvalue weighted by Gasteiger charge is 2.20. The number of amides is 1. The lowest BCUT2D eigenvalue weighted by atomic mass is 9.96. The minimum atomic E-state index is -0.608. The standard InChI is InChI=1S/C31H37N5O4/c1-6-8-13-25-24(29(38)36(26(7-2)32-25)19-27(37)34-31(3,4)5)18-20-14-16-21(17-15-20)22-11-9-10-12-23(22)28-33-30(39)40-35-28/h9-12,14-17H,6-8,13,18-19H2,1-5H3,(H,34,37)(H,33,35,39). The summed E-state index contributed by atoms with van der Waals surface area (Å²) in [7, 11) is 0. The summed E-state index contributed by atoms with van der Waals surface area (Å²) in [5, 5.41) is 6.78. The highest BCUT2D eigenvalue weighted by Crippen LogP contribution is 2.30. The second-order valence-electron chi connectivity index (χ2n) is 11.0. The van der Waals surface area contributed by atoms with Crippen LogP contribution in [0.15, 0.2) is 62.6 Å². The third-order valence-electron chi connectivity index (χ3n) is 6.60. The number of carbonyl (C=O) groups excluding carboxylic acids is 1. The smallest absolute Gasteiger partial charge is 0.350 e. The van der Waals surface area contributed by atoms with Gasteiger partial charge in [-0.1, -0.05) is 74.0 Å². The Hall–Kier alpha value is -4.27. The van der Waals surface area contributed by atoms with E-state index in [-0.39, 0.29) is 18.0 Å². The van der Waals surface area contributed by atoms with Gasteiger partial charge in [0.1, 0.15) is 12.4 Å². The van der Waals surface area contributed by atoms with Crippen molar-refractivity contribution in [3.63, 3.8) is 0 Å². The molecular formula is C31H37N5O4. The molecule has 9 nitrogen and oxygen atoms in total. The minimum Gasteiger partial charge on any atom is -0.350 e. The maximum atomic E-state index is 13.8. The number of H-pyrrole nitrogens is 1. The van der Waals surface area contributed by atoms with Gasteiger partial charge in [0.05, 0.1) is 5.69 Å². The van der Waals surface area contributed by atoms with Crippen LogP contribution in [-0.2, 0) is 30.6 Å². The molecule has 0 saturated carbocycles. The summed E-state index contributed by atoms with van der Waals surface area (Å²) in [5.74, 6) is 0.170. The lowest BCUT2D eigenvalue weighted by molar-refractivity contribution is -0.123. The largest absolute Gasteiger partial charge is 0.439 e. The molecule has 0 unspecified atom stereocenters. The molecule has 0 bridgehead atoms. The van der Waals surface area contributed by atoms with Crippen molar-refractivity contribution in [2.24, 2.45) is 0 Å². The normalized spacial score (nSPS) is 11.5. The Kier molecular flexibility index (Phi) is 8.82. The van der Waals surface area contributed by atoms with Gasteiger partial charge < -0.3 is 5.32 Å². The van der Waals surface area contributed by atoms with Crippen molar-refractivity contribution in [2.45, 2.75) is 78.8 Å². The first kappa shape index (κ1) is 28.7. The van der Waals surface area contributed by atoms with E-state index < -0.39 is 11.3 Å². The van der Waals surface area contributed by atoms with Gasteiger partial charge in [-0.3, -0.25) is 23.7 Å². The molecule has 2 aromatic carbocycles. The first-order chi connectivity index (χ1) is 19.1. The number of rotatable bonds is 10. The molecule has 0 saturated heterocycles. The summed E-state index contributed by atoms with van der Waals surface area (Å²) >= 11 is 0. The lowest BCUT2D eigenvalue weighted by Crippen LogP contribution is -2.44. The Morgan fingerprint density at radius 1 is 1.02 bits per heavy atom. The number of nitrogens with zero attached hydrogens (tertiary/aromatic N) is 3. The van der Waals surface area contributed by atoms with Gasteiger partial charge in [-0.15, -0.1) is 0 Å². The van der Waals surface area contributed by atoms with Crippen molar-refractivity contribution in [3.8, 4) is 22.5 Å². The summed E-state index contributed by atoms with van der Waals surface area (Å²) in [4.78, 5) is 45.6. The Bertz CT molecular complexity index is 1590. The van der Waals surface area contributed by atoms with Crippen molar-refractivity contribution in [1.29, 1.82) is 0 Å². The van der Waals surface area contributed by atoms with Gasteiger partial charge in [0, 0.05) is 29.5 Å². The number of carbonyl (C=O) groups is 1. The summed E-state index contributed by atoms with van der Waals surface area (Å²) in [6.07, 6.45) is 3.60. The Morgan fingerprint density at radius 3 is 2.33 bits per heavy atom. The SMILES string of the molecule is CCCCc1nc(CC)n(CC(=O)NC(C)(C)C)c(=O)c1Cc1ccc(-c2ccccc2-c2noc(=O)[nH]2)cc1. The van der Waals surface area contributed by atoms with E-state index in [1.54, 1.807) is 0 Å². The predicted molar refractivity (Wildman–Crippen MR) is 155 cm³/mol. The highest BCUT2D eigenvalue weighted by molar-refractivity contribution is 5.80. The second kappa shape index (κ2) is 12.3. The average Bonchev–Trinajstić information content (AvgIpc) is 3.35. The van der Waals surface area contributed by atoms with E-state index in [9.17, 15) is 14.4 Å². The quantitative estimate of drug-likeness (QED) is 0.300. The summed E-state index contributed by atoms with van der Waals surface area (Å²) in [5.41, 5.74) is 4.41. The van der Waals surface area contributed by atoms with Gasteiger partial charge in [0.25, 0.3) is 5.56 Å². The van der Waals surface area contributed by atoms with Crippen LogP contribution in [0.5, 0.6) is 0 Å². The number of aromatic nitrogens is 4. The van der Waals surface area contributed by atoms with E-state index in [0.717, 1.165) is 40.8 Å². The van der Waals surface area contributed by atoms with E-state index in [2.05, 4.69) is 22.4 Å². The van der Waals surface area contributed by atoms with Crippen LogP contribution in [0.2, 0.25) is 0 Å². The molecule has 4 rings (SSSR count). The zero-order valence-electron chi connectivity index (χ0n) is 23.8. The Morgan fingerprint density at radius 2 is 1.73 bits per heavy atom. The number of aromatic amines is 1. The Labute approximate surface area is 233 Å². The number of aryl methyl sites for hydroxylation is 2. The van der Waals surface area contributed by atoms with Crippen LogP contribution in [0, 0.1) is 0 Å². The monoisotopic (exact) mass is 543 g/mol. The van der Waals surface area contributed by atoms with Crippen LogP contribution in [-0.4, -0.2) is 31.1 Å². The van der Waals surface area contributed by atoms with Crippen LogP contribution in [0.3, 0.4) is 0 Å². The highest BCUT2D eigenvalue weighted by atomic mass is 16.5. The summed E-state index contributed by atoms with van der Waals surface area (Å²) in [6, 6.07) is 15.6. The van der Waals surface area contributed by atoms with E-state index in [1.807, 2.05) is 76.2 Å².